The summed E-state index contributed by atoms with van der Waals surface area (Å²) in [5.74, 6) is 0.509. The van der Waals surface area contributed by atoms with Crippen LogP contribution in [0.25, 0.3) is 22.5 Å². The van der Waals surface area contributed by atoms with Crippen LogP contribution >= 0.6 is 11.6 Å². The van der Waals surface area contributed by atoms with E-state index in [-0.39, 0.29) is 11.1 Å². The molecule has 1 N–H and O–H groups in total. The second-order valence-electron chi connectivity index (χ2n) is 4.16. The highest BCUT2D eigenvalue weighted by Crippen LogP contribution is 2.31. The quantitative estimate of drug-likeness (QED) is 0.736. The zero-order chi connectivity index (χ0) is 13.6. The molecule has 0 radical (unpaired) electrons. The minimum Gasteiger partial charge on any atom is -0.501 e. The van der Waals surface area contributed by atoms with Gasteiger partial charge in [0.2, 0.25) is 16.9 Å². The Hall–Kier alpha value is -2.20. The van der Waals surface area contributed by atoms with Gasteiger partial charge in [0.1, 0.15) is 11.3 Å². The second-order valence-corrected chi connectivity index (χ2v) is 4.60. The Morgan fingerprint density at radius 3 is 2.63 bits per heavy atom. The second kappa shape index (κ2) is 4.17. The summed E-state index contributed by atoms with van der Waals surface area (Å²) in [6, 6.07) is 8.01. The first-order valence-electron chi connectivity index (χ1n) is 5.58. The fourth-order valence-corrected chi connectivity index (χ4v) is 2.05. The van der Waals surface area contributed by atoms with Crippen molar-refractivity contribution < 1.29 is 13.9 Å². The lowest BCUT2D eigenvalue weighted by Crippen LogP contribution is -2.02. The normalized spacial score (nSPS) is 11.1. The van der Waals surface area contributed by atoms with Crippen molar-refractivity contribution in [3.8, 4) is 17.3 Å². The van der Waals surface area contributed by atoms with Crippen LogP contribution in [0, 0.1) is 6.92 Å². The number of aryl methyl sites for hydroxylation is 1. The minimum absolute atomic E-state index is 0.0212. The van der Waals surface area contributed by atoms with Crippen LogP contribution in [0.5, 0.6) is 5.75 Å². The SMILES string of the molecule is Cc1ccc(-c2oc3ccc(Cl)cc3c(=O)c2O)o1. The van der Waals surface area contributed by atoms with E-state index in [1.165, 1.54) is 6.07 Å². The maximum Gasteiger partial charge on any atom is 0.235 e. The number of hydrogen-bond acceptors (Lipinski definition) is 4. The predicted octanol–water partition coefficient (Wildman–Crippen LogP) is 3.72. The van der Waals surface area contributed by atoms with E-state index < -0.39 is 11.2 Å². The van der Waals surface area contributed by atoms with Gasteiger partial charge in [0.15, 0.2) is 5.76 Å². The summed E-state index contributed by atoms with van der Waals surface area (Å²) in [6.07, 6.45) is 0. The number of fused-ring (bicyclic) bond motifs is 1. The molecule has 0 fully saturated rings. The van der Waals surface area contributed by atoms with Crippen molar-refractivity contribution in [3.63, 3.8) is 0 Å². The molecule has 3 aromatic rings. The van der Waals surface area contributed by atoms with Crippen LogP contribution in [-0.4, -0.2) is 5.11 Å². The Bertz CT molecular complexity index is 829. The lowest BCUT2D eigenvalue weighted by Gasteiger charge is -2.03. The number of rotatable bonds is 1. The monoisotopic (exact) mass is 276 g/mol. The van der Waals surface area contributed by atoms with Gasteiger partial charge in [0, 0.05) is 5.02 Å². The lowest BCUT2D eigenvalue weighted by atomic mass is 10.2. The van der Waals surface area contributed by atoms with Gasteiger partial charge in [-0.25, -0.2) is 0 Å². The van der Waals surface area contributed by atoms with Gasteiger partial charge in [-0.05, 0) is 37.3 Å². The van der Waals surface area contributed by atoms with Gasteiger partial charge in [-0.1, -0.05) is 11.6 Å². The molecule has 19 heavy (non-hydrogen) atoms. The largest absolute Gasteiger partial charge is 0.501 e. The van der Waals surface area contributed by atoms with E-state index in [1.807, 2.05) is 0 Å². The van der Waals surface area contributed by atoms with Gasteiger partial charge in [-0.3, -0.25) is 4.79 Å². The van der Waals surface area contributed by atoms with Crippen LogP contribution in [0.3, 0.4) is 0 Å². The van der Waals surface area contributed by atoms with Crippen LogP contribution in [0.4, 0.5) is 0 Å². The summed E-state index contributed by atoms with van der Waals surface area (Å²) in [4.78, 5) is 12.1. The van der Waals surface area contributed by atoms with Gasteiger partial charge in [-0.2, -0.15) is 0 Å². The van der Waals surface area contributed by atoms with Crippen LogP contribution in [0.2, 0.25) is 5.02 Å². The maximum absolute atomic E-state index is 12.1. The third kappa shape index (κ3) is 1.90. The molecule has 0 unspecified atom stereocenters. The van der Waals surface area contributed by atoms with Gasteiger partial charge >= 0.3 is 0 Å². The van der Waals surface area contributed by atoms with Crippen molar-refractivity contribution in [1.82, 2.24) is 0 Å². The number of halogens is 1. The van der Waals surface area contributed by atoms with Gasteiger partial charge in [0.25, 0.3) is 0 Å². The Kier molecular flexibility index (Phi) is 2.61. The molecule has 1 aromatic carbocycles. The standard InChI is InChI=1S/C14H9ClO4/c1-7-2-4-11(18-7)14-13(17)12(16)9-6-8(15)3-5-10(9)19-14/h2-6,17H,1H3. The average molecular weight is 277 g/mol. The molecule has 0 saturated heterocycles. The van der Waals surface area contributed by atoms with Crippen molar-refractivity contribution in [2.45, 2.75) is 6.92 Å². The third-order valence-electron chi connectivity index (χ3n) is 2.79. The molecule has 4 nitrogen and oxygen atoms in total. The van der Waals surface area contributed by atoms with Crippen molar-refractivity contribution in [3.05, 3.63) is 51.3 Å². The summed E-state index contributed by atoms with van der Waals surface area (Å²) in [5, 5.41) is 10.6. The molecule has 0 bridgehead atoms. The topological polar surface area (TPSA) is 63.6 Å². The molecule has 0 atom stereocenters. The molecule has 0 saturated carbocycles. The van der Waals surface area contributed by atoms with E-state index in [4.69, 9.17) is 20.4 Å². The summed E-state index contributed by atoms with van der Waals surface area (Å²) in [6.45, 7) is 1.76. The fourth-order valence-electron chi connectivity index (χ4n) is 1.88. The Balaban J connectivity index is 2.36. The van der Waals surface area contributed by atoms with E-state index >= 15 is 0 Å². The van der Waals surface area contributed by atoms with Crippen LogP contribution in [0.1, 0.15) is 5.76 Å². The van der Waals surface area contributed by atoms with Gasteiger partial charge in [-0.15, -0.1) is 0 Å². The molecule has 2 aromatic heterocycles. The average Bonchev–Trinajstić information content (AvgIpc) is 2.81. The first-order chi connectivity index (χ1) is 9.06. The number of benzene rings is 1. The molecular formula is C14H9ClO4. The van der Waals surface area contributed by atoms with Gasteiger partial charge < -0.3 is 13.9 Å². The highest BCUT2D eigenvalue weighted by molar-refractivity contribution is 6.31. The van der Waals surface area contributed by atoms with E-state index in [1.54, 1.807) is 31.2 Å². The van der Waals surface area contributed by atoms with Crippen LogP contribution in [0.15, 0.2) is 44.0 Å². The van der Waals surface area contributed by atoms with E-state index in [0.29, 0.717) is 22.1 Å². The molecule has 0 aliphatic rings. The van der Waals surface area contributed by atoms with Crippen molar-refractivity contribution in [1.29, 1.82) is 0 Å². The molecule has 0 spiro atoms. The van der Waals surface area contributed by atoms with E-state index in [0.717, 1.165) is 0 Å². The highest BCUT2D eigenvalue weighted by atomic mass is 35.5. The number of aromatic hydroxyl groups is 1. The molecule has 2 heterocycles. The van der Waals surface area contributed by atoms with E-state index in [9.17, 15) is 9.90 Å². The lowest BCUT2D eigenvalue weighted by molar-refractivity contribution is 0.437. The maximum atomic E-state index is 12.1. The van der Waals surface area contributed by atoms with Crippen molar-refractivity contribution >= 4 is 22.6 Å². The summed E-state index contributed by atoms with van der Waals surface area (Å²) in [5.41, 5.74) is -0.191. The molecule has 5 heteroatoms. The fraction of sp³-hybridized carbons (Fsp3) is 0.0714. The Labute approximate surface area is 112 Å². The first kappa shape index (κ1) is 11.9. The minimum atomic E-state index is -0.534. The number of furan rings is 1. The zero-order valence-electron chi connectivity index (χ0n) is 9.94. The zero-order valence-corrected chi connectivity index (χ0v) is 10.7. The van der Waals surface area contributed by atoms with E-state index in [2.05, 4.69) is 0 Å². The molecule has 0 aliphatic heterocycles. The molecule has 0 amide bonds. The summed E-state index contributed by atoms with van der Waals surface area (Å²) in [7, 11) is 0. The van der Waals surface area contributed by atoms with Crippen molar-refractivity contribution in [2.24, 2.45) is 0 Å². The summed E-state index contributed by atoms with van der Waals surface area (Å²) < 4.78 is 10.9. The summed E-state index contributed by atoms with van der Waals surface area (Å²) >= 11 is 5.82. The highest BCUT2D eigenvalue weighted by Gasteiger charge is 2.17. The van der Waals surface area contributed by atoms with Crippen LogP contribution < -0.4 is 5.43 Å². The van der Waals surface area contributed by atoms with Crippen LogP contribution in [-0.2, 0) is 0 Å². The first-order valence-corrected chi connectivity index (χ1v) is 5.96. The van der Waals surface area contributed by atoms with Crippen molar-refractivity contribution in [2.75, 3.05) is 0 Å². The molecular weight excluding hydrogens is 268 g/mol. The number of hydrogen-bond donors (Lipinski definition) is 1. The third-order valence-corrected chi connectivity index (χ3v) is 3.03. The Morgan fingerprint density at radius 1 is 1.16 bits per heavy atom. The predicted molar refractivity (Wildman–Crippen MR) is 71.6 cm³/mol. The molecule has 96 valence electrons. The smallest absolute Gasteiger partial charge is 0.235 e. The molecule has 0 aliphatic carbocycles. The van der Waals surface area contributed by atoms with Gasteiger partial charge in [0.05, 0.1) is 5.39 Å². The Morgan fingerprint density at radius 2 is 1.95 bits per heavy atom. The molecule has 3 rings (SSSR count).